The molecular formula is C19H17Cl4N3O. The molecule has 4 nitrogen and oxygen atoms in total. The largest absolute Gasteiger partial charge is 0.381 e. The van der Waals surface area contributed by atoms with Crippen LogP contribution in [0.5, 0.6) is 0 Å². The van der Waals surface area contributed by atoms with Gasteiger partial charge in [-0.2, -0.15) is 0 Å². The molecule has 27 heavy (non-hydrogen) atoms. The van der Waals surface area contributed by atoms with Gasteiger partial charge in [-0.25, -0.2) is 4.98 Å². The van der Waals surface area contributed by atoms with E-state index < -0.39 is 0 Å². The van der Waals surface area contributed by atoms with Crippen LogP contribution < -0.4 is 5.32 Å². The number of imidazole rings is 1. The molecule has 8 heteroatoms. The summed E-state index contributed by atoms with van der Waals surface area (Å²) in [5.74, 6) is 0. The Kier molecular flexibility index (Phi) is 7.27. The lowest BCUT2D eigenvalue weighted by atomic mass is 10.2. The van der Waals surface area contributed by atoms with E-state index in [2.05, 4.69) is 10.3 Å². The Morgan fingerprint density at radius 1 is 1.00 bits per heavy atom. The van der Waals surface area contributed by atoms with Crippen LogP contribution in [0.15, 0.2) is 55.1 Å². The van der Waals surface area contributed by atoms with Crippen molar-refractivity contribution in [2.75, 3.05) is 11.9 Å². The van der Waals surface area contributed by atoms with E-state index in [0.717, 1.165) is 5.56 Å². The van der Waals surface area contributed by atoms with E-state index in [1.807, 2.05) is 35.0 Å². The fraction of sp³-hybridized carbons (Fsp3) is 0.211. The third-order valence-electron chi connectivity index (χ3n) is 3.90. The lowest BCUT2D eigenvalue weighted by Crippen LogP contribution is -2.28. The maximum Gasteiger partial charge on any atom is 0.0946 e. The van der Waals surface area contributed by atoms with Gasteiger partial charge in [0.2, 0.25) is 0 Å². The van der Waals surface area contributed by atoms with Crippen LogP contribution in [-0.4, -0.2) is 22.2 Å². The fourth-order valence-corrected chi connectivity index (χ4v) is 3.22. The number of anilines is 1. The van der Waals surface area contributed by atoms with E-state index in [1.165, 1.54) is 0 Å². The van der Waals surface area contributed by atoms with Crippen LogP contribution in [0.2, 0.25) is 20.1 Å². The van der Waals surface area contributed by atoms with E-state index in [9.17, 15) is 0 Å². The van der Waals surface area contributed by atoms with Crippen molar-refractivity contribution in [1.82, 2.24) is 9.55 Å². The van der Waals surface area contributed by atoms with Crippen LogP contribution in [0, 0.1) is 0 Å². The molecule has 0 saturated carbocycles. The molecule has 0 saturated heterocycles. The minimum absolute atomic E-state index is 0.125. The quantitative estimate of drug-likeness (QED) is 0.420. The average Bonchev–Trinajstić information content (AvgIpc) is 3.15. The number of nitrogens with zero attached hydrogens (tertiary/aromatic N) is 2. The van der Waals surface area contributed by atoms with Crippen molar-refractivity contribution in [3.05, 3.63) is 80.8 Å². The molecule has 0 aliphatic rings. The summed E-state index contributed by atoms with van der Waals surface area (Å²) in [5, 5.41) is 5.35. The number of hydrogen-bond donors (Lipinski definition) is 1. The Hall–Kier alpha value is -1.43. The zero-order valence-electron chi connectivity index (χ0n) is 14.2. The maximum absolute atomic E-state index is 6.24. The third-order valence-corrected chi connectivity index (χ3v) is 5.19. The zero-order chi connectivity index (χ0) is 19.2. The Labute approximate surface area is 178 Å². The highest BCUT2D eigenvalue weighted by Gasteiger charge is 2.13. The lowest BCUT2D eigenvalue weighted by Gasteiger charge is -2.20. The maximum atomic E-state index is 6.24. The fourth-order valence-electron chi connectivity index (χ4n) is 2.48. The molecule has 3 aromatic rings. The topological polar surface area (TPSA) is 39.1 Å². The summed E-state index contributed by atoms with van der Waals surface area (Å²) >= 11 is 24.2. The highest BCUT2D eigenvalue weighted by Crippen LogP contribution is 2.32. The number of halogens is 4. The van der Waals surface area contributed by atoms with Gasteiger partial charge < -0.3 is 14.6 Å². The van der Waals surface area contributed by atoms with Gasteiger partial charge >= 0.3 is 0 Å². The van der Waals surface area contributed by atoms with Gasteiger partial charge in [0.05, 0.1) is 46.3 Å². The van der Waals surface area contributed by atoms with Gasteiger partial charge in [0.15, 0.2) is 0 Å². The number of aromatic nitrogens is 2. The number of hydrogen-bond acceptors (Lipinski definition) is 3. The summed E-state index contributed by atoms with van der Waals surface area (Å²) in [7, 11) is 0. The van der Waals surface area contributed by atoms with Crippen LogP contribution >= 0.6 is 46.4 Å². The molecule has 1 atom stereocenters. The monoisotopic (exact) mass is 443 g/mol. The molecule has 0 spiro atoms. The van der Waals surface area contributed by atoms with E-state index >= 15 is 0 Å². The summed E-state index contributed by atoms with van der Waals surface area (Å²) in [6, 6.07) is 10.9. The van der Waals surface area contributed by atoms with Crippen LogP contribution in [0.1, 0.15) is 5.56 Å². The van der Waals surface area contributed by atoms with Crippen molar-refractivity contribution in [2.45, 2.75) is 19.3 Å². The summed E-state index contributed by atoms with van der Waals surface area (Å²) in [6.45, 7) is 1.64. The van der Waals surface area contributed by atoms with Crippen molar-refractivity contribution in [3.8, 4) is 0 Å². The van der Waals surface area contributed by atoms with Gasteiger partial charge in [-0.1, -0.05) is 58.5 Å². The highest BCUT2D eigenvalue weighted by atomic mass is 35.5. The van der Waals surface area contributed by atoms with Crippen LogP contribution in [-0.2, 0) is 17.9 Å². The molecule has 2 aromatic carbocycles. The minimum Gasteiger partial charge on any atom is -0.381 e. The minimum atomic E-state index is -0.125. The Bertz CT molecular complexity index is 869. The normalized spacial score (nSPS) is 12.1. The Morgan fingerprint density at radius 2 is 1.74 bits per heavy atom. The predicted octanol–water partition coefficient (Wildman–Crippen LogP) is 6.19. The van der Waals surface area contributed by atoms with Gasteiger partial charge in [-0.05, 0) is 29.8 Å². The molecule has 1 aromatic heterocycles. The first kappa shape index (κ1) is 20.3. The molecule has 0 bridgehead atoms. The van der Waals surface area contributed by atoms with Crippen molar-refractivity contribution in [1.29, 1.82) is 0 Å². The third kappa shape index (κ3) is 6.03. The average molecular weight is 445 g/mol. The molecule has 1 N–H and O–H groups in total. The number of ether oxygens (including phenoxy) is 1. The molecule has 1 heterocycles. The van der Waals surface area contributed by atoms with E-state index in [4.69, 9.17) is 51.1 Å². The van der Waals surface area contributed by atoms with Gasteiger partial charge in [0, 0.05) is 24.0 Å². The zero-order valence-corrected chi connectivity index (χ0v) is 17.2. The molecule has 3 rings (SSSR count). The highest BCUT2D eigenvalue weighted by molar-refractivity contribution is 6.44. The first-order chi connectivity index (χ1) is 13.0. The SMILES string of the molecule is Clc1ccc(COC(CNc2cc(Cl)c(Cl)cc2Cl)Cn2ccnc2)cc1. The smallest absolute Gasteiger partial charge is 0.0946 e. The van der Waals surface area contributed by atoms with E-state index in [1.54, 1.807) is 24.7 Å². The number of benzene rings is 2. The Morgan fingerprint density at radius 3 is 2.44 bits per heavy atom. The van der Waals surface area contributed by atoms with Crippen LogP contribution in [0.3, 0.4) is 0 Å². The molecule has 0 aliphatic heterocycles. The molecule has 0 amide bonds. The van der Waals surface area contributed by atoms with E-state index in [-0.39, 0.29) is 6.10 Å². The summed E-state index contributed by atoms with van der Waals surface area (Å²) in [5.41, 5.74) is 1.75. The summed E-state index contributed by atoms with van der Waals surface area (Å²) in [6.07, 6.45) is 5.26. The van der Waals surface area contributed by atoms with Crippen molar-refractivity contribution >= 4 is 52.1 Å². The lowest BCUT2D eigenvalue weighted by molar-refractivity contribution is 0.0379. The van der Waals surface area contributed by atoms with E-state index in [0.29, 0.717) is 45.5 Å². The standard InChI is InChI=1S/C19H17Cl4N3O/c20-14-3-1-13(2-4-14)11-27-15(10-26-6-5-24-12-26)9-25-19-8-17(22)16(21)7-18(19)23/h1-8,12,15,25H,9-11H2. The predicted molar refractivity (Wildman–Crippen MR) is 112 cm³/mol. The number of rotatable bonds is 8. The van der Waals surface area contributed by atoms with Gasteiger partial charge in [0.25, 0.3) is 0 Å². The summed E-state index contributed by atoms with van der Waals surface area (Å²) in [4.78, 5) is 4.08. The second kappa shape index (κ2) is 9.67. The van der Waals surface area contributed by atoms with Gasteiger partial charge in [-0.15, -0.1) is 0 Å². The molecule has 1 unspecified atom stereocenters. The summed E-state index contributed by atoms with van der Waals surface area (Å²) < 4.78 is 8.06. The second-order valence-electron chi connectivity index (χ2n) is 5.95. The molecular weight excluding hydrogens is 428 g/mol. The molecule has 0 fully saturated rings. The first-order valence-electron chi connectivity index (χ1n) is 8.21. The Balaban J connectivity index is 1.66. The second-order valence-corrected chi connectivity index (χ2v) is 7.60. The first-order valence-corrected chi connectivity index (χ1v) is 9.72. The van der Waals surface area contributed by atoms with Crippen LogP contribution in [0.4, 0.5) is 5.69 Å². The molecule has 142 valence electrons. The van der Waals surface area contributed by atoms with Gasteiger partial charge in [-0.3, -0.25) is 0 Å². The molecule has 0 aliphatic carbocycles. The van der Waals surface area contributed by atoms with Crippen molar-refractivity contribution in [2.24, 2.45) is 0 Å². The van der Waals surface area contributed by atoms with Crippen molar-refractivity contribution < 1.29 is 4.74 Å². The van der Waals surface area contributed by atoms with Crippen LogP contribution in [0.25, 0.3) is 0 Å². The van der Waals surface area contributed by atoms with Gasteiger partial charge in [0.1, 0.15) is 0 Å². The number of nitrogens with one attached hydrogen (secondary N) is 1. The van der Waals surface area contributed by atoms with Crippen molar-refractivity contribution in [3.63, 3.8) is 0 Å². The molecule has 0 radical (unpaired) electrons.